The molecule has 1 atom stereocenters. The van der Waals surface area contributed by atoms with Crippen LogP contribution >= 0.6 is 0 Å². The topological polar surface area (TPSA) is 121 Å². The van der Waals surface area contributed by atoms with Crippen LogP contribution in [0, 0.1) is 11.2 Å². The van der Waals surface area contributed by atoms with Gasteiger partial charge in [0.05, 0.1) is 0 Å². The van der Waals surface area contributed by atoms with Crippen LogP contribution in [0.4, 0.5) is 14.5 Å². The number of ether oxygens (including phenoxy) is 1. The number of rotatable bonds is 10. The summed E-state index contributed by atoms with van der Waals surface area (Å²) < 4.78 is 34.0. The molecule has 0 saturated heterocycles. The molecule has 1 heterocycles. The predicted molar refractivity (Wildman–Crippen MR) is 136 cm³/mol. The summed E-state index contributed by atoms with van der Waals surface area (Å²) in [7, 11) is 0. The van der Waals surface area contributed by atoms with Crippen molar-refractivity contribution in [3.8, 4) is 0 Å². The van der Waals surface area contributed by atoms with E-state index in [1.54, 1.807) is 54.4 Å². The van der Waals surface area contributed by atoms with Crippen LogP contribution in [0.5, 0.6) is 0 Å². The second-order valence-electron chi connectivity index (χ2n) is 8.50. The Morgan fingerprint density at radius 2 is 1.95 bits per heavy atom. The quantitative estimate of drug-likeness (QED) is 0.289. The van der Waals surface area contributed by atoms with Crippen molar-refractivity contribution in [2.24, 2.45) is 5.73 Å². The van der Waals surface area contributed by atoms with Crippen molar-refractivity contribution in [3.63, 3.8) is 0 Å². The predicted octanol–water partition coefficient (Wildman–Crippen LogP) is 3.26. The number of fused-ring (bicyclic) bond motifs is 1. The number of benzene rings is 2. The highest BCUT2D eigenvalue weighted by atomic mass is 19.1. The number of anilines is 1. The molecule has 0 saturated carbocycles. The number of nitrogens with two attached hydrogens (primary N) is 1. The molecule has 0 spiro atoms. The molecule has 2 aliphatic rings. The van der Waals surface area contributed by atoms with Gasteiger partial charge in [-0.15, -0.1) is 0 Å². The normalized spacial score (nSPS) is 15.4. The van der Waals surface area contributed by atoms with Gasteiger partial charge in [0, 0.05) is 54.8 Å². The van der Waals surface area contributed by atoms with E-state index in [4.69, 9.17) is 15.9 Å². The lowest BCUT2D eigenvalue weighted by molar-refractivity contribution is -0.142. The molecule has 37 heavy (non-hydrogen) atoms. The van der Waals surface area contributed by atoms with Gasteiger partial charge < -0.3 is 26.0 Å². The van der Waals surface area contributed by atoms with E-state index in [1.165, 1.54) is 12.1 Å². The van der Waals surface area contributed by atoms with Crippen molar-refractivity contribution >= 4 is 23.2 Å². The average Bonchev–Trinajstić information content (AvgIpc) is 3.32. The molecule has 0 aromatic heterocycles. The van der Waals surface area contributed by atoms with E-state index in [0.29, 0.717) is 28.0 Å². The highest BCUT2D eigenvalue weighted by Gasteiger charge is 2.33. The molecule has 1 aliphatic heterocycles. The Labute approximate surface area is 213 Å². The third-order valence-corrected chi connectivity index (χ3v) is 6.04. The number of halogens is 2. The molecule has 10 heteroatoms. The molecule has 0 bridgehead atoms. The van der Waals surface area contributed by atoms with Crippen LogP contribution in [0.3, 0.4) is 0 Å². The van der Waals surface area contributed by atoms with Gasteiger partial charge in [-0.1, -0.05) is 30.3 Å². The minimum Gasteiger partial charge on any atom is -0.384 e. The van der Waals surface area contributed by atoms with Crippen molar-refractivity contribution in [2.75, 3.05) is 18.5 Å². The molecule has 2 aromatic carbocycles. The maximum Gasteiger partial charge on any atom is 0.270 e. The number of nitrogens with one attached hydrogen (secondary N) is 3. The Morgan fingerprint density at radius 1 is 1.16 bits per heavy atom. The second-order valence-corrected chi connectivity index (χ2v) is 8.50. The first-order valence-corrected chi connectivity index (χ1v) is 11.7. The SMILES string of the molecule is CCOC(C(=O)NCc1ccc(C(=N)N)cc1NCc1ccccc1F)N1C=C2C=CC(=O)C(F)=C2C1. The summed E-state index contributed by atoms with van der Waals surface area (Å²) in [5.41, 5.74) is 8.58. The molecule has 2 aromatic rings. The first-order chi connectivity index (χ1) is 17.8. The van der Waals surface area contributed by atoms with Gasteiger partial charge in [-0.2, -0.15) is 0 Å². The summed E-state index contributed by atoms with van der Waals surface area (Å²) in [4.78, 5) is 26.3. The highest BCUT2D eigenvalue weighted by Crippen LogP contribution is 2.31. The molecular formula is C27H27F2N5O3. The van der Waals surface area contributed by atoms with Gasteiger partial charge in [-0.25, -0.2) is 8.78 Å². The number of carbonyl (C=O) groups is 2. The van der Waals surface area contributed by atoms with Crippen molar-refractivity contribution < 1.29 is 23.1 Å². The van der Waals surface area contributed by atoms with Crippen molar-refractivity contribution in [2.45, 2.75) is 26.2 Å². The fourth-order valence-corrected chi connectivity index (χ4v) is 4.10. The Hall–Kier alpha value is -4.31. The fraction of sp³-hybridized carbons (Fsp3) is 0.222. The molecule has 0 radical (unpaired) electrons. The van der Waals surface area contributed by atoms with Crippen LogP contribution < -0.4 is 16.4 Å². The van der Waals surface area contributed by atoms with Crippen molar-refractivity contribution in [1.82, 2.24) is 10.2 Å². The monoisotopic (exact) mass is 507 g/mol. The number of nitrogens with zero attached hydrogens (tertiary/aromatic N) is 1. The van der Waals surface area contributed by atoms with Crippen LogP contribution in [0.15, 0.2) is 77.8 Å². The fourth-order valence-electron chi connectivity index (χ4n) is 4.10. The van der Waals surface area contributed by atoms with Gasteiger partial charge in [-0.3, -0.25) is 15.0 Å². The first kappa shape index (κ1) is 25.8. The maximum absolute atomic E-state index is 14.3. The number of amides is 1. The lowest BCUT2D eigenvalue weighted by atomic mass is 10.0. The molecule has 0 fully saturated rings. The zero-order valence-corrected chi connectivity index (χ0v) is 20.2. The number of hydrogen-bond acceptors (Lipinski definition) is 6. The number of carbonyl (C=O) groups excluding carboxylic acids is 2. The van der Waals surface area contributed by atoms with Crippen LogP contribution in [0.1, 0.15) is 23.6 Å². The smallest absolute Gasteiger partial charge is 0.270 e. The second kappa shape index (κ2) is 11.2. The van der Waals surface area contributed by atoms with Crippen LogP contribution in [0.25, 0.3) is 0 Å². The lowest BCUT2D eigenvalue weighted by Crippen LogP contribution is -2.45. The van der Waals surface area contributed by atoms with E-state index in [1.807, 2.05) is 0 Å². The van der Waals surface area contributed by atoms with Crippen LogP contribution in [-0.2, 0) is 27.4 Å². The molecule has 8 nitrogen and oxygen atoms in total. The zero-order chi connectivity index (χ0) is 26.5. The Kier molecular flexibility index (Phi) is 7.78. The minimum atomic E-state index is -1.04. The zero-order valence-electron chi connectivity index (χ0n) is 20.2. The van der Waals surface area contributed by atoms with Gasteiger partial charge in [0.1, 0.15) is 11.7 Å². The molecule has 1 unspecified atom stereocenters. The van der Waals surface area contributed by atoms with Gasteiger partial charge in [0.15, 0.2) is 5.83 Å². The van der Waals surface area contributed by atoms with Gasteiger partial charge in [0.2, 0.25) is 12.0 Å². The molecule has 1 aliphatic carbocycles. The number of ketones is 1. The summed E-state index contributed by atoms with van der Waals surface area (Å²) in [5.74, 6) is -2.46. The standard InChI is InChI=1S/C27H27F2N5O3/c1-2-37-27(34-14-19-9-10-23(35)24(29)20(19)15-34)26(36)33-13-18-8-7-16(25(30)31)11-22(18)32-12-17-5-3-4-6-21(17)28/h3-11,14,27,32H,2,12-13,15H2,1H3,(H3,30,31)(H,33,36). The summed E-state index contributed by atoms with van der Waals surface area (Å²) in [6, 6.07) is 11.4. The Balaban J connectivity index is 1.49. The molecule has 5 N–H and O–H groups in total. The third kappa shape index (κ3) is 5.75. The number of allylic oxidation sites excluding steroid dienone is 3. The summed E-state index contributed by atoms with van der Waals surface area (Å²) in [6.45, 7) is 2.28. The van der Waals surface area contributed by atoms with Crippen molar-refractivity contribution in [1.29, 1.82) is 5.41 Å². The largest absolute Gasteiger partial charge is 0.384 e. The Morgan fingerprint density at radius 3 is 2.68 bits per heavy atom. The molecule has 4 rings (SSSR count). The maximum atomic E-state index is 14.3. The number of amidine groups is 1. The molecular weight excluding hydrogens is 480 g/mol. The molecule has 192 valence electrons. The van der Waals surface area contributed by atoms with E-state index in [0.717, 1.165) is 6.08 Å². The Bertz CT molecular complexity index is 1340. The van der Waals surface area contributed by atoms with Crippen LogP contribution in [-0.4, -0.2) is 41.8 Å². The van der Waals surface area contributed by atoms with Gasteiger partial charge >= 0.3 is 0 Å². The van der Waals surface area contributed by atoms with Crippen LogP contribution in [0.2, 0.25) is 0 Å². The van der Waals surface area contributed by atoms with E-state index < -0.39 is 23.7 Å². The van der Waals surface area contributed by atoms with Crippen molar-refractivity contribution in [3.05, 3.63) is 100 Å². The van der Waals surface area contributed by atoms with Gasteiger partial charge in [0.25, 0.3) is 5.91 Å². The first-order valence-electron chi connectivity index (χ1n) is 11.7. The third-order valence-electron chi connectivity index (χ3n) is 6.04. The summed E-state index contributed by atoms with van der Waals surface area (Å²) >= 11 is 0. The van der Waals surface area contributed by atoms with E-state index in [2.05, 4.69) is 10.6 Å². The summed E-state index contributed by atoms with van der Waals surface area (Å²) in [5, 5.41) is 13.7. The lowest BCUT2D eigenvalue weighted by Gasteiger charge is -2.26. The van der Waals surface area contributed by atoms with E-state index in [-0.39, 0.29) is 43.5 Å². The number of nitrogen functional groups attached to an aromatic ring is 1. The summed E-state index contributed by atoms with van der Waals surface area (Å²) in [6.07, 6.45) is 3.23. The molecule has 1 amide bonds. The minimum absolute atomic E-state index is 0.0259. The van der Waals surface area contributed by atoms with E-state index >= 15 is 0 Å². The highest BCUT2D eigenvalue weighted by molar-refractivity contribution is 6.05. The van der Waals surface area contributed by atoms with Gasteiger partial charge in [-0.05, 0) is 42.3 Å². The number of hydrogen-bond donors (Lipinski definition) is 4. The average molecular weight is 508 g/mol. The van der Waals surface area contributed by atoms with E-state index in [9.17, 15) is 18.4 Å².